The number of rotatable bonds is 0. The monoisotopic (exact) mass is 127 g/mol. The summed E-state index contributed by atoms with van der Waals surface area (Å²) in [5, 5.41) is 6.94. The molecule has 48 valence electrons. The summed E-state index contributed by atoms with van der Waals surface area (Å²) in [6, 6.07) is 4.51. The van der Waals surface area contributed by atoms with Crippen LogP contribution in [0.2, 0.25) is 0 Å². The summed E-state index contributed by atoms with van der Waals surface area (Å²) in [5.41, 5.74) is 0.850. The van der Waals surface area contributed by atoms with Gasteiger partial charge in [-0.2, -0.15) is 4.39 Å². The molecule has 0 bridgehead atoms. The van der Waals surface area contributed by atoms with Gasteiger partial charge in [-0.25, -0.2) is 0 Å². The van der Waals surface area contributed by atoms with Gasteiger partial charge in [0.25, 0.3) is 5.75 Å². The van der Waals surface area contributed by atoms with Crippen molar-refractivity contribution in [2.45, 2.75) is 6.92 Å². The van der Waals surface area contributed by atoms with Crippen LogP contribution < -0.4 is 0 Å². The predicted molar refractivity (Wildman–Crippen MR) is 34.2 cm³/mol. The van der Waals surface area contributed by atoms with Crippen molar-refractivity contribution in [1.29, 1.82) is 0 Å². The summed E-state index contributed by atoms with van der Waals surface area (Å²) in [6.07, 6.45) is 0. The van der Waals surface area contributed by atoms with Gasteiger partial charge in [0.15, 0.2) is 0 Å². The first-order valence-electron chi connectivity index (χ1n) is 2.68. The lowest BCUT2D eigenvalue weighted by Gasteiger charge is -1.90. The van der Waals surface area contributed by atoms with Crippen LogP contribution in [0.25, 0.3) is 0 Å². The van der Waals surface area contributed by atoms with Crippen LogP contribution in [0.4, 0.5) is 4.39 Å². The van der Waals surface area contributed by atoms with Crippen molar-refractivity contribution in [2.75, 3.05) is 0 Å². The molecule has 1 aromatic rings. The summed E-state index contributed by atoms with van der Waals surface area (Å²) in [5.74, 6) is -0.490. The number of halogens is 1. The van der Waals surface area contributed by atoms with E-state index in [0.717, 1.165) is 5.56 Å². The SMILES string of the molecule is Cc1ccc([OH2+])c(F)c1. The Hall–Kier alpha value is -1.05. The minimum absolute atomic E-state index is 0.0411. The molecule has 1 rings (SSSR count). The van der Waals surface area contributed by atoms with Gasteiger partial charge in [-0.3, -0.25) is 0 Å². The van der Waals surface area contributed by atoms with E-state index in [-0.39, 0.29) is 5.75 Å². The second-order valence-electron chi connectivity index (χ2n) is 1.98. The van der Waals surface area contributed by atoms with Crippen LogP contribution in [0.15, 0.2) is 18.2 Å². The van der Waals surface area contributed by atoms with E-state index >= 15 is 0 Å². The minimum Gasteiger partial charge on any atom is -0.591 e. The van der Waals surface area contributed by atoms with E-state index in [1.807, 2.05) is 0 Å². The van der Waals surface area contributed by atoms with Gasteiger partial charge in [-0.05, 0) is 18.6 Å². The molecular weight excluding hydrogens is 119 g/mol. The van der Waals surface area contributed by atoms with Gasteiger partial charge in [0.1, 0.15) is 0 Å². The van der Waals surface area contributed by atoms with E-state index in [2.05, 4.69) is 0 Å². The zero-order chi connectivity index (χ0) is 6.85. The van der Waals surface area contributed by atoms with E-state index in [9.17, 15) is 4.39 Å². The van der Waals surface area contributed by atoms with Gasteiger partial charge < -0.3 is 5.11 Å². The van der Waals surface area contributed by atoms with Crippen LogP contribution in [-0.2, 0) is 0 Å². The molecule has 0 aromatic heterocycles. The molecule has 2 heteroatoms. The van der Waals surface area contributed by atoms with Crippen molar-refractivity contribution >= 4 is 0 Å². The van der Waals surface area contributed by atoms with Crippen LogP contribution in [0, 0.1) is 12.7 Å². The van der Waals surface area contributed by atoms with Crippen molar-refractivity contribution in [1.82, 2.24) is 0 Å². The summed E-state index contributed by atoms with van der Waals surface area (Å²) >= 11 is 0. The first-order chi connectivity index (χ1) is 4.20. The molecule has 1 aromatic carbocycles. The Bertz CT molecular complexity index is 220. The molecule has 0 aliphatic rings. The van der Waals surface area contributed by atoms with E-state index in [1.54, 1.807) is 13.0 Å². The first-order valence-corrected chi connectivity index (χ1v) is 2.68. The highest BCUT2D eigenvalue weighted by atomic mass is 19.1. The Morgan fingerprint density at radius 2 is 2.11 bits per heavy atom. The lowest BCUT2D eigenvalue weighted by molar-refractivity contribution is 0.432. The third kappa shape index (κ3) is 1.19. The van der Waals surface area contributed by atoms with Crippen LogP contribution in [0.3, 0.4) is 0 Å². The van der Waals surface area contributed by atoms with Gasteiger partial charge in [0, 0.05) is 6.07 Å². The largest absolute Gasteiger partial charge is 0.591 e. The van der Waals surface area contributed by atoms with Crippen LogP contribution >= 0.6 is 0 Å². The van der Waals surface area contributed by atoms with Crippen LogP contribution in [0.5, 0.6) is 5.75 Å². The van der Waals surface area contributed by atoms with Crippen molar-refractivity contribution in [3.8, 4) is 5.75 Å². The molecule has 0 radical (unpaired) electrons. The number of aryl methyl sites for hydroxylation is 1. The molecule has 0 heterocycles. The third-order valence-corrected chi connectivity index (χ3v) is 1.12. The molecular formula is C7H8FO+. The molecule has 0 saturated heterocycles. The average Bonchev–Trinajstić information content (AvgIpc) is 1.80. The summed E-state index contributed by atoms with van der Waals surface area (Å²) < 4.78 is 12.4. The highest BCUT2D eigenvalue weighted by Crippen LogP contribution is 2.14. The molecule has 0 atom stereocenters. The Morgan fingerprint density at radius 1 is 1.44 bits per heavy atom. The summed E-state index contributed by atoms with van der Waals surface area (Å²) in [7, 11) is 0. The van der Waals surface area contributed by atoms with Gasteiger partial charge >= 0.3 is 0 Å². The van der Waals surface area contributed by atoms with Gasteiger partial charge in [-0.15, -0.1) is 0 Å². The second-order valence-corrected chi connectivity index (χ2v) is 1.98. The topological polar surface area (TPSA) is 22.9 Å². The third-order valence-electron chi connectivity index (χ3n) is 1.12. The quantitative estimate of drug-likeness (QED) is 0.472. The first kappa shape index (κ1) is 6.08. The summed E-state index contributed by atoms with van der Waals surface area (Å²) in [4.78, 5) is 0. The zero-order valence-electron chi connectivity index (χ0n) is 5.11. The standard InChI is InChI=1S/C7H7FO/c1-5-2-3-7(9)6(8)4-5/h2-4,9H,1H3/p+1. The van der Waals surface area contributed by atoms with Gasteiger partial charge in [0.05, 0.1) is 0 Å². The molecule has 0 aliphatic heterocycles. The molecule has 0 aliphatic carbocycles. The Balaban J connectivity index is 3.17. The fourth-order valence-corrected chi connectivity index (χ4v) is 0.620. The van der Waals surface area contributed by atoms with Crippen molar-refractivity contribution in [2.24, 2.45) is 0 Å². The highest BCUT2D eigenvalue weighted by molar-refractivity contribution is 5.26. The van der Waals surface area contributed by atoms with E-state index in [1.165, 1.54) is 12.1 Å². The molecule has 0 saturated carbocycles. The maximum atomic E-state index is 12.4. The van der Waals surface area contributed by atoms with Crippen LogP contribution in [0.1, 0.15) is 5.56 Å². The van der Waals surface area contributed by atoms with Crippen molar-refractivity contribution in [3.05, 3.63) is 29.6 Å². The highest BCUT2D eigenvalue weighted by Gasteiger charge is 2.01. The van der Waals surface area contributed by atoms with Crippen molar-refractivity contribution < 1.29 is 9.50 Å². The number of hydrogen-bond donors (Lipinski definition) is 0. The molecule has 9 heavy (non-hydrogen) atoms. The smallest absolute Gasteiger partial charge is 0.290 e. The number of hydrogen-bond acceptors (Lipinski definition) is 0. The summed E-state index contributed by atoms with van der Waals surface area (Å²) in [6.45, 7) is 1.79. The predicted octanol–water partition coefficient (Wildman–Crippen LogP) is 1.57. The fraction of sp³-hybridized carbons (Fsp3) is 0.143. The van der Waals surface area contributed by atoms with Crippen LogP contribution in [-0.4, -0.2) is 5.11 Å². The molecule has 0 amide bonds. The lowest BCUT2D eigenvalue weighted by atomic mass is 10.2. The molecule has 1 nitrogen and oxygen atoms in total. The Labute approximate surface area is 52.8 Å². The second kappa shape index (κ2) is 2.05. The van der Waals surface area contributed by atoms with E-state index < -0.39 is 5.82 Å². The fourth-order valence-electron chi connectivity index (χ4n) is 0.620. The zero-order valence-corrected chi connectivity index (χ0v) is 5.11. The molecule has 0 spiro atoms. The maximum absolute atomic E-state index is 12.4. The lowest BCUT2D eigenvalue weighted by Crippen LogP contribution is -1.76. The van der Waals surface area contributed by atoms with Gasteiger partial charge in [-0.1, -0.05) is 6.07 Å². The molecule has 0 fully saturated rings. The van der Waals surface area contributed by atoms with E-state index in [0.29, 0.717) is 0 Å². The molecule has 0 unspecified atom stereocenters. The average molecular weight is 127 g/mol. The Morgan fingerprint density at radius 3 is 2.56 bits per heavy atom. The number of benzene rings is 1. The van der Waals surface area contributed by atoms with Crippen molar-refractivity contribution in [3.63, 3.8) is 0 Å². The Kier molecular flexibility index (Phi) is 1.39. The molecule has 2 N–H and O–H groups in total. The maximum Gasteiger partial charge on any atom is 0.290 e. The van der Waals surface area contributed by atoms with Gasteiger partial charge in [0.2, 0.25) is 5.82 Å². The minimum atomic E-state index is -0.449. The van der Waals surface area contributed by atoms with E-state index in [4.69, 9.17) is 5.11 Å². The normalized spacial score (nSPS) is 9.56.